The lowest BCUT2D eigenvalue weighted by Crippen LogP contribution is -2.73. The second-order valence-electron chi connectivity index (χ2n) is 6.01. The van der Waals surface area contributed by atoms with Gasteiger partial charge in [0.2, 0.25) is 0 Å². The standard InChI is InChI=1S/C17H21N3O5.C2H4/c1-20-10-17(24,11-20)14(16(23)19-25)18-15(22)13-7-5-12(6-8-13)4-2-3-9-21;1-2/h5-8,14,21,24-25H,3,9-11H2,1H3,(H,18,22)(H,19,23);1-2H2. The number of aliphatic hydroxyl groups excluding tert-OH is 1. The highest BCUT2D eigenvalue weighted by Crippen LogP contribution is 2.23. The Morgan fingerprint density at radius 2 is 1.89 bits per heavy atom. The van der Waals surface area contributed by atoms with Gasteiger partial charge in [0.25, 0.3) is 11.8 Å². The van der Waals surface area contributed by atoms with Crippen molar-refractivity contribution < 1.29 is 25.0 Å². The van der Waals surface area contributed by atoms with E-state index in [0.717, 1.165) is 0 Å². The van der Waals surface area contributed by atoms with E-state index in [-0.39, 0.29) is 19.7 Å². The van der Waals surface area contributed by atoms with Crippen LogP contribution in [0.5, 0.6) is 0 Å². The summed E-state index contributed by atoms with van der Waals surface area (Å²) in [5, 5.41) is 30.5. The molecule has 0 spiro atoms. The van der Waals surface area contributed by atoms with Crippen LogP contribution >= 0.6 is 0 Å². The number of nitrogens with one attached hydrogen (secondary N) is 2. The van der Waals surface area contributed by atoms with Crippen LogP contribution in [-0.4, -0.2) is 70.5 Å². The molecule has 2 amide bonds. The third-order valence-electron chi connectivity index (χ3n) is 3.89. The van der Waals surface area contributed by atoms with Gasteiger partial charge >= 0.3 is 0 Å². The van der Waals surface area contributed by atoms with Crippen LogP contribution in [0.1, 0.15) is 22.3 Å². The van der Waals surface area contributed by atoms with Crippen LogP contribution in [0.4, 0.5) is 0 Å². The van der Waals surface area contributed by atoms with E-state index in [1.54, 1.807) is 36.2 Å². The van der Waals surface area contributed by atoms with E-state index in [4.69, 9.17) is 10.3 Å². The molecule has 0 bridgehead atoms. The van der Waals surface area contributed by atoms with E-state index >= 15 is 0 Å². The highest BCUT2D eigenvalue weighted by molar-refractivity contribution is 5.98. The first-order chi connectivity index (χ1) is 12.9. The largest absolute Gasteiger partial charge is 0.395 e. The van der Waals surface area contributed by atoms with Gasteiger partial charge in [-0.25, -0.2) is 5.48 Å². The molecule has 1 aromatic carbocycles. The summed E-state index contributed by atoms with van der Waals surface area (Å²) in [7, 11) is 1.76. The summed E-state index contributed by atoms with van der Waals surface area (Å²) >= 11 is 0. The summed E-state index contributed by atoms with van der Waals surface area (Å²) in [4.78, 5) is 26.0. The van der Waals surface area contributed by atoms with Crippen molar-refractivity contribution in [2.45, 2.75) is 18.1 Å². The van der Waals surface area contributed by atoms with Crippen LogP contribution in [0.15, 0.2) is 37.4 Å². The molecule has 5 N–H and O–H groups in total. The minimum Gasteiger partial charge on any atom is -0.395 e. The smallest absolute Gasteiger partial charge is 0.269 e. The zero-order valence-corrected chi connectivity index (χ0v) is 15.2. The van der Waals surface area contributed by atoms with Crippen molar-refractivity contribution in [2.75, 3.05) is 26.7 Å². The average Bonchev–Trinajstić information content (AvgIpc) is 2.66. The Kier molecular flexibility index (Phi) is 8.65. The van der Waals surface area contributed by atoms with Crippen molar-refractivity contribution in [2.24, 2.45) is 0 Å². The van der Waals surface area contributed by atoms with E-state index in [1.807, 2.05) is 0 Å². The second kappa shape index (κ2) is 10.4. The van der Waals surface area contributed by atoms with Crippen LogP contribution in [0.2, 0.25) is 0 Å². The first-order valence-electron chi connectivity index (χ1n) is 8.25. The lowest BCUT2D eigenvalue weighted by molar-refractivity contribution is -0.151. The fourth-order valence-corrected chi connectivity index (χ4v) is 2.72. The summed E-state index contributed by atoms with van der Waals surface area (Å²) in [6.07, 6.45) is 0.368. The maximum atomic E-state index is 12.3. The van der Waals surface area contributed by atoms with E-state index in [9.17, 15) is 14.7 Å². The van der Waals surface area contributed by atoms with Gasteiger partial charge in [0.15, 0.2) is 0 Å². The van der Waals surface area contributed by atoms with Crippen LogP contribution in [0.25, 0.3) is 0 Å². The molecule has 1 saturated heterocycles. The molecule has 1 unspecified atom stereocenters. The van der Waals surface area contributed by atoms with Crippen LogP contribution in [0.3, 0.4) is 0 Å². The van der Waals surface area contributed by atoms with Gasteiger partial charge in [-0.15, -0.1) is 13.2 Å². The number of nitrogens with zero attached hydrogens (tertiary/aromatic N) is 1. The third-order valence-corrected chi connectivity index (χ3v) is 3.89. The Morgan fingerprint density at radius 3 is 2.37 bits per heavy atom. The minimum atomic E-state index is -1.44. The zero-order chi connectivity index (χ0) is 20.4. The van der Waals surface area contributed by atoms with Crippen LogP contribution < -0.4 is 10.8 Å². The van der Waals surface area contributed by atoms with Crippen molar-refractivity contribution in [1.82, 2.24) is 15.7 Å². The maximum Gasteiger partial charge on any atom is 0.269 e. The predicted octanol–water partition coefficient (Wildman–Crippen LogP) is -0.497. The minimum absolute atomic E-state index is 0.0140. The Labute approximate surface area is 158 Å². The number of carbonyl (C=O) groups is 2. The molecule has 146 valence electrons. The molecule has 8 nitrogen and oxygen atoms in total. The van der Waals surface area contributed by atoms with Gasteiger partial charge in [0, 0.05) is 30.6 Å². The molecular weight excluding hydrogens is 350 g/mol. The fourth-order valence-electron chi connectivity index (χ4n) is 2.72. The van der Waals surface area contributed by atoms with E-state index in [0.29, 0.717) is 17.5 Å². The average molecular weight is 375 g/mol. The Hall–Kier alpha value is -2.70. The van der Waals surface area contributed by atoms with E-state index < -0.39 is 23.5 Å². The Balaban J connectivity index is 0.00000176. The van der Waals surface area contributed by atoms with Gasteiger partial charge in [-0.05, 0) is 31.3 Å². The lowest BCUT2D eigenvalue weighted by Gasteiger charge is -2.48. The number of aliphatic hydroxyl groups is 2. The van der Waals surface area contributed by atoms with E-state index in [1.165, 1.54) is 5.48 Å². The highest BCUT2D eigenvalue weighted by Gasteiger charge is 2.50. The molecule has 0 radical (unpaired) electrons. The molecule has 1 aliphatic rings. The SMILES string of the molecule is C=C.CN1CC(O)(C(NC(=O)c2ccc(C#CCCO)cc2)C(=O)NO)C1. The zero-order valence-electron chi connectivity index (χ0n) is 15.2. The summed E-state index contributed by atoms with van der Waals surface area (Å²) in [6.45, 7) is 6.38. The number of rotatable bonds is 5. The second-order valence-corrected chi connectivity index (χ2v) is 6.01. The fraction of sp³-hybridized carbons (Fsp3) is 0.368. The summed E-state index contributed by atoms with van der Waals surface area (Å²) in [5.74, 6) is 4.19. The first kappa shape index (κ1) is 22.3. The van der Waals surface area contributed by atoms with Crippen molar-refractivity contribution in [3.63, 3.8) is 0 Å². The molecule has 27 heavy (non-hydrogen) atoms. The number of likely N-dealkylation sites (N-methyl/N-ethyl adjacent to an activating group) is 1. The lowest BCUT2D eigenvalue weighted by atomic mass is 9.85. The van der Waals surface area contributed by atoms with Gasteiger partial charge in [-0.2, -0.15) is 0 Å². The van der Waals surface area contributed by atoms with Crippen molar-refractivity contribution in [1.29, 1.82) is 0 Å². The first-order valence-corrected chi connectivity index (χ1v) is 8.25. The highest BCUT2D eigenvalue weighted by atomic mass is 16.5. The molecule has 0 aromatic heterocycles. The molecule has 1 heterocycles. The Morgan fingerprint density at radius 1 is 1.30 bits per heavy atom. The monoisotopic (exact) mass is 375 g/mol. The number of hydroxylamine groups is 1. The van der Waals surface area contributed by atoms with Crippen molar-refractivity contribution in [3.05, 3.63) is 48.6 Å². The van der Waals surface area contributed by atoms with Crippen LogP contribution in [-0.2, 0) is 4.79 Å². The van der Waals surface area contributed by atoms with E-state index in [2.05, 4.69) is 30.3 Å². The summed E-state index contributed by atoms with van der Waals surface area (Å²) in [5.41, 5.74) is 1.02. The van der Waals surface area contributed by atoms with Crippen molar-refractivity contribution in [3.8, 4) is 11.8 Å². The van der Waals surface area contributed by atoms with Gasteiger partial charge in [-0.1, -0.05) is 11.8 Å². The molecule has 0 saturated carbocycles. The van der Waals surface area contributed by atoms with Gasteiger partial charge in [0.1, 0.15) is 11.6 Å². The molecule has 0 aliphatic carbocycles. The maximum absolute atomic E-state index is 12.3. The number of amides is 2. The number of β-amino-alcohol motifs (C(OH)–C–C–N with tert-alkyl or cyclic N) is 1. The normalized spacial score (nSPS) is 15.7. The molecule has 2 rings (SSSR count). The molecule has 1 aliphatic heterocycles. The quantitative estimate of drug-likeness (QED) is 0.205. The molecule has 1 atom stereocenters. The van der Waals surface area contributed by atoms with Gasteiger partial charge in [-0.3, -0.25) is 14.8 Å². The summed E-state index contributed by atoms with van der Waals surface area (Å²) in [6, 6.07) is 5.11. The topological polar surface area (TPSA) is 122 Å². The third kappa shape index (κ3) is 5.91. The molecular formula is C19H25N3O5. The summed E-state index contributed by atoms with van der Waals surface area (Å²) < 4.78 is 0. The van der Waals surface area contributed by atoms with Gasteiger partial charge in [0.05, 0.1) is 6.61 Å². The number of hydrogen-bond acceptors (Lipinski definition) is 6. The number of hydrogen-bond donors (Lipinski definition) is 5. The molecule has 1 aromatic rings. The molecule has 8 heteroatoms. The Bertz CT molecular complexity index is 702. The van der Waals surface area contributed by atoms with Crippen LogP contribution in [0, 0.1) is 11.8 Å². The van der Waals surface area contributed by atoms with Gasteiger partial charge < -0.3 is 20.4 Å². The number of carbonyl (C=O) groups excluding carboxylic acids is 2. The van der Waals surface area contributed by atoms with Crippen molar-refractivity contribution >= 4 is 11.8 Å². The number of likely N-dealkylation sites (tertiary alicyclic amines) is 1. The number of benzene rings is 1. The molecule has 1 fully saturated rings. The predicted molar refractivity (Wildman–Crippen MR) is 99.9 cm³/mol.